The van der Waals surface area contributed by atoms with Gasteiger partial charge in [0, 0.05) is 6.07 Å². The molecule has 0 saturated heterocycles. The van der Waals surface area contributed by atoms with Crippen molar-refractivity contribution in [3.8, 4) is 0 Å². The monoisotopic (exact) mass is 240 g/mol. The summed E-state index contributed by atoms with van der Waals surface area (Å²) in [5.74, 6) is -6.69. The third-order valence-electron chi connectivity index (χ3n) is 1.88. The number of nitrogens with one attached hydrogen (secondary N) is 1. The topological polar surface area (TPSA) is 28.7 Å². The Kier molecular flexibility index (Phi) is 2.11. The van der Waals surface area contributed by atoms with E-state index in [1.54, 1.807) is 4.98 Å². The minimum atomic E-state index is -4.83. The minimum Gasteiger partial charge on any atom is -0.334 e. The second-order valence-electron chi connectivity index (χ2n) is 2.97. The Labute approximate surface area is 83.9 Å². The summed E-state index contributed by atoms with van der Waals surface area (Å²) in [6.45, 7) is 0. The zero-order valence-electron chi connectivity index (χ0n) is 7.29. The Balaban J connectivity index is 2.77. The number of nitrogens with zero attached hydrogens (tertiary/aromatic N) is 1. The van der Waals surface area contributed by atoms with E-state index in [0.717, 1.165) is 0 Å². The van der Waals surface area contributed by atoms with Crippen molar-refractivity contribution in [2.45, 2.75) is 6.18 Å². The van der Waals surface area contributed by atoms with Crippen LogP contribution in [0.15, 0.2) is 6.07 Å². The van der Waals surface area contributed by atoms with E-state index in [2.05, 4.69) is 4.98 Å². The molecule has 0 radical (unpaired) electrons. The zero-order chi connectivity index (χ0) is 12.1. The minimum absolute atomic E-state index is 0.413. The number of alkyl halides is 3. The van der Waals surface area contributed by atoms with Crippen LogP contribution in [0.4, 0.5) is 26.3 Å². The van der Waals surface area contributed by atoms with E-state index < -0.39 is 40.5 Å². The lowest BCUT2D eigenvalue weighted by Gasteiger charge is -1.98. The van der Waals surface area contributed by atoms with Crippen molar-refractivity contribution in [1.29, 1.82) is 0 Å². The highest BCUT2D eigenvalue weighted by Gasteiger charge is 2.35. The first kappa shape index (κ1) is 10.8. The molecule has 2 aromatic rings. The van der Waals surface area contributed by atoms with Gasteiger partial charge in [-0.15, -0.1) is 0 Å². The molecule has 86 valence electrons. The third kappa shape index (κ3) is 1.50. The standard InChI is InChI=1S/C8H2F6N2/c9-2-1-3-6(5(11)4(2)10)16-7(15-3)8(12,13)14/h1H,(H,15,16). The van der Waals surface area contributed by atoms with Gasteiger partial charge >= 0.3 is 6.18 Å². The lowest BCUT2D eigenvalue weighted by Crippen LogP contribution is -2.06. The summed E-state index contributed by atoms with van der Waals surface area (Å²) in [6, 6.07) is 0.413. The van der Waals surface area contributed by atoms with Gasteiger partial charge in [0.1, 0.15) is 5.52 Å². The first-order valence-corrected chi connectivity index (χ1v) is 3.91. The van der Waals surface area contributed by atoms with Gasteiger partial charge in [0.2, 0.25) is 5.82 Å². The number of fused-ring (bicyclic) bond motifs is 1. The van der Waals surface area contributed by atoms with E-state index in [9.17, 15) is 26.3 Å². The van der Waals surface area contributed by atoms with E-state index in [1.807, 2.05) is 0 Å². The number of hydrogen-bond acceptors (Lipinski definition) is 1. The lowest BCUT2D eigenvalue weighted by molar-refractivity contribution is -0.144. The van der Waals surface area contributed by atoms with Gasteiger partial charge in [-0.3, -0.25) is 0 Å². The summed E-state index contributed by atoms with van der Waals surface area (Å²) in [5, 5.41) is 0. The molecule has 0 saturated carbocycles. The lowest BCUT2D eigenvalue weighted by atomic mass is 10.3. The zero-order valence-corrected chi connectivity index (χ0v) is 7.29. The first-order valence-electron chi connectivity index (χ1n) is 3.91. The van der Waals surface area contributed by atoms with Gasteiger partial charge < -0.3 is 4.98 Å². The molecule has 0 aliphatic carbocycles. The van der Waals surface area contributed by atoms with Crippen LogP contribution in [0.25, 0.3) is 11.0 Å². The SMILES string of the molecule is Fc1cc2[nH]c(C(F)(F)F)nc2c(F)c1F. The molecule has 1 N–H and O–H groups in total. The van der Waals surface area contributed by atoms with Gasteiger partial charge in [-0.25, -0.2) is 18.2 Å². The number of hydrogen-bond donors (Lipinski definition) is 1. The van der Waals surface area contributed by atoms with E-state index in [0.29, 0.717) is 6.07 Å². The molecule has 0 atom stereocenters. The highest BCUT2D eigenvalue weighted by Crippen LogP contribution is 2.30. The third-order valence-corrected chi connectivity index (χ3v) is 1.88. The molecule has 0 fully saturated rings. The van der Waals surface area contributed by atoms with Crippen LogP contribution in [0.1, 0.15) is 5.82 Å². The predicted molar refractivity (Wildman–Crippen MR) is 41.0 cm³/mol. The van der Waals surface area contributed by atoms with Crippen LogP contribution >= 0.6 is 0 Å². The molecule has 0 unspecified atom stereocenters. The van der Waals surface area contributed by atoms with Crippen molar-refractivity contribution in [2.75, 3.05) is 0 Å². The van der Waals surface area contributed by atoms with Crippen molar-refractivity contribution in [3.63, 3.8) is 0 Å². The van der Waals surface area contributed by atoms with Crippen LogP contribution in [-0.2, 0) is 6.18 Å². The van der Waals surface area contributed by atoms with Gasteiger partial charge in [0.05, 0.1) is 5.52 Å². The Bertz CT molecular complexity index is 556. The fraction of sp³-hybridized carbons (Fsp3) is 0.125. The van der Waals surface area contributed by atoms with Gasteiger partial charge in [-0.1, -0.05) is 0 Å². The van der Waals surface area contributed by atoms with E-state index in [1.165, 1.54) is 0 Å². The smallest absolute Gasteiger partial charge is 0.334 e. The summed E-state index contributed by atoms with van der Waals surface area (Å²) in [5.41, 5.74) is -1.44. The largest absolute Gasteiger partial charge is 0.449 e. The summed E-state index contributed by atoms with van der Waals surface area (Å²) < 4.78 is 74.8. The van der Waals surface area contributed by atoms with Gasteiger partial charge in [0.25, 0.3) is 0 Å². The molecule has 1 aromatic heterocycles. The average molecular weight is 240 g/mol. The van der Waals surface area contributed by atoms with E-state index >= 15 is 0 Å². The van der Waals surface area contributed by atoms with Gasteiger partial charge in [-0.05, 0) is 0 Å². The van der Waals surface area contributed by atoms with Crippen LogP contribution in [0.3, 0.4) is 0 Å². The molecule has 0 aliphatic heterocycles. The molecule has 0 aliphatic rings. The normalized spacial score (nSPS) is 12.4. The highest BCUT2D eigenvalue weighted by atomic mass is 19.4. The number of benzene rings is 1. The molecule has 0 bridgehead atoms. The molecular weight excluding hydrogens is 238 g/mol. The number of halogens is 6. The summed E-state index contributed by atoms with van der Waals surface area (Å²) in [6.07, 6.45) is -4.83. The van der Waals surface area contributed by atoms with Crippen LogP contribution < -0.4 is 0 Å². The molecule has 0 spiro atoms. The molecule has 1 aromatic carbocycles. The first-order chi connectivity index (χ1) is 7.30. The number of H-pyrrole nitrogens is 1. The maximum atomic E-state index is 13.0. The molecule has 0 amide bonds. The fourth-order valence-electron chi connectivity index (χ4n) is 1.19. The van der Waals surface area contributed by atoms with Crippen LogP contribution in [-0.4, -0.2) is 9.97 Å². The van der Waals surface area contributed by atoms with Crippen molar-refractivity contribution in [3.05, 3.63) is 29.3 Å². The number of rotatable bonds is 0. The number of aromatic nitrogens is 2. The summed E-state index contributed by atoms with van der Waals surface area (Å²) >= 11 is 0. The molecule has 1 heterocycles. The van der Waals surface area contributed by atoms with Crippen LogP contribution in [0.5, 0.6) is 0 Å². The Morgan fingerprint density at radius 3 is 2.25 bits per heavy atom. The molecule has 16 heavy (non-hydrogen) atoms. The second kappa shape index (κ2) is 3.13. The van der Waals surface area contributed by atoms with Crippen molar-refractivity contribution in [2.24, 2.45) is 0 Å². The van der Waals surface area contributed by atoms with E-state index in [-0.39, 0.29) is 0 Å². The Morgan fingerprint density at radius 1 is 1.06 bits per heavy atom. The van der Waals surface area contributed by atoms with Crippen molar-refractivity contribution in [1.82, 2.24) is 9.97 Å². The summed E-state index contributed by atoms with van der Waals surface area (Å²) in [4.78, 5) is 4.48. The molecular formula is C8H2F6N2. The van der Waals surface area contributed by atoms with Gasteiger partial charge in [-0.2, -0.15) is 13.2 Å². The van der Waals surface area contributed by atoms with Gasteiger partial charge in [0.15, 0.2) is 17.5 Å². The summed E-state index contributed by atoms with van der Waals surface area (Å²) in [7, 11) is 0. The average Bonchev–Trinajstić information content (AvgIpc) is 2.57. The molecule has 2 rings (SSSR count). The Hall–Kier alpha value is -1.73. The van der Waals surface area contributed by atoms with Crippen LogP contribution in [0, 0.1) is 17.5 Å². The molecule has 8 heteroatoms. The highest BCUT2D eigenvalue weighted by molar-refractivity contribution is 5.76. The van der Waals surface area contributed by atoms with Crippen LogP contribution in [0.2, 0.25) is 0 Å². The Morgan fingerprint density at radius 2 is 1.69 bits per heavy atom. The quantitative estimate of drug-likeness (QED) is 0.556. The second-order valence-corrected chi connectivity index (χ2v) is 2.97. The maximum Gasteiger partial charge on any atom is 0.449 e. The van der Waals surface area contributed by atoms with E-state index in [4.69, 9.17) is 0 Å². The number of imidazole rings is 1. The van der Waals surface area contributed by atoms with Crippen molar-refractivity contribution < 1.29 is 26.3 Å². The number of aromatic amines is 1. The maximum absolute atomic E-state index is 13.0. The van der Waals surface area contributed by atoms with Crippen molar-refractivity contribution >= 4 is 11.0 Å². The predicted octanol–water partition coefficient (Wildman–Crippen LogP) is 3.00. The fourth-order valence-corrected chi connectivity index (χ4v) is 1.19. The molecule has 2 nitrogen and oxygen atoms in total.